The van der Waals surface area contributed by atoms with Crippen LogP contribution in [0.2, 0.25) is 0 Å². The van der Waals surface area contributed by atoms with Crippen LogP contribution in [0.4, 0.5) is 0 Å². The molecule has 0 radical (unpaired) electrons. The topological polar surface area (TPSA) is 54.5 Å². The lowest BCUT2D eigenvalue weighted by Crippen LogP contribution is -2.52. The fraction of sp³-hybridized carbons (Fsp3) is 0.400. The molecule has 1 amide bonds. The van der Waals surface area contributed by atoms with Gasteiger partial charge in [-0.3, -0.25) is 14.7 Å². The monoisotopic (exact) mass is 339 g/mol. The van der Waals surface area contributed by atoms with Crippen LogP contribution < -0.4 is 5.32 Å². The number of benzene rings is 1. The Morgan fingerprint density at radius 2 is 2.12 bits per heavy atom. The van der Waals surface area contributed by atoms with Gasteiger partial charge in [0.1, 0.15) is 0 Å². The third-order valence-electron chi connectivity index (χ3n) is 4.52. The van der Waals surface area contributed by atoms with Gasteiger partial charge in [0, 0.05) is 31.5 Å². The van der Waals surface area contributed by atoms with E-state index in [2.05, 4.69) is 39.5 Å². The van der Waals surface area contributed by atoms with Gasteiger partial charge >= 0.3 is 0 Å². The van der Waals surface area contributed by atoms with Crippen LogP contribution in [0.25, 0.3) is 0 Å². The van der Waals surface area contributed by atoms with Gasteiger partial charge in [-0.1, -0.05) is 30.3 Å². The van der Waals surface area contributed by atoms with Crippen molar-refractivity contribution in [3.05, 3.63) is 65.5 Å². The Kier molecular flexibility index (Phi) is 5.79. The maximum Gasteiger partial charge on any atom is 0.253 e. The van der Waals surface area contributed by atoms with Crippen molar-refractivity contribution >= 4 is 5.91 Å². The number of rotatable bonds is 5. The molecule has 1 saturated heterocycles. The van der Waals surface area contributed by atoms with Crippen molar-refractivity contribution in [2.45, 2.75) is 32.5 Å². The lowest BCUT2D eigenvalue weighted by Gasteiger charge is -2.36. The molecule has 1 aromatic carbocycles. The number of nitrogens with zero attached hydrogens (tertiary/aromatic N) is 2. The Bertz CT molecular complexity index is 688. The maximum absolute atomic E-state index is 12.4. The summed E-state index contributed by atoms with van der Waals surface area (Å²) in [6.07, 6.45) is 1.60. The molecule has 0 spiro atoms. The first-order chi connectivity index (χ1) is 12.1. The van der Waals surface area contributed by atoms with Crippen molar-refractivity contribution < 1.29 is 9.53 Å². The van der Waals surface area contributed by atoms with E-state index in [-0.39, 0.29) is 18.1 Å². The first-order valence-corrected chi connectivity index (χ1v) is 8.73. The molecule has 1 aromatic heterocycles. The number of nitrogens with one attached hydrogen (secondary N) is 1. The van der Waals surface area contributed by atoms with Gasteiger partial charge in [0.05, 0.1) is 24.3 Å². The van der Waals surface area contributed by atoms with Crippen LogP contribution >= 0.6 is 0 Å². The van der Waals surface area contributed by atoms with Gasteiger partial charge in [-0.25, -0.2) is 0 Å². The van der Waals surface area contributed by atoms with Gasteiger partial charge in [-0.05, 0) is 31.5 Å². The van der Waals surface area contributed by atoms with E-state index >= 15 is 0 Å². The molecular formula is C20H25N3O2. The highest BCUT2D eigenvalue weighted by atomic mass is 16.5. The van der Waals surface area contributed by atoms with Crippen molar-refractivity contribution in [1.82, 2.24) is 15.2 Å². The van der Waals surface area contributed by atoms with Crippen molar-refractivity contribution in [2.24, 2.45) is 0 Å². The van der Waals surface area contributed by atoms with Crippen LogP contribution in [0, 0.1) is 6.92 Å². The van der Waals surface area contributed by atoms with Crippen molar-refractivity contribution in [1.29, 1.82) is 0 Å². The average molecular weight is 339 g/mol. The molecule has 0 saturated carbocycles. The van der Waals surface area contributed by atoms with E-state index in [1.807, 2.05) is 26.0 Å². The van der Waals surface area contributed by atoms with E-state index in [9.17, 15) is 4.79 Å². The number of hydrogen-bond acceptors (Lipinski definition) is 4. The number of carbonyl (C=O) groups excluding carboxylic acids is 1. The minimum absolute atomic E-state index is 0.0141. The van der Waals surface area contributed by atoms with Gasteiger partial charge in [0.25, 0.3) is 5.91 Å². The zero-order chi connectivity index (χ0) is 17.6. The van der Waals surface area contributed by atoms with Crippen LogP contribution in [0.1, 0.15) is 28.5 Å². The molecule has 1 fully saturated rings. The molecule has 132 valence electrons. The zero-order valence-electron chi connectivity index (χ0n) is 14.8. The predicted octanol–water partition coefficient (Wildman–Crippen LogP) is 2.41. The molecule has 2 aromatic rings. The van der Waals surface area contributed by atoms with Crippen LogP contribution in [0.5, 0.6) is 0 Å². The quantitative estimate of drug-likeness (QED) is 0.909. The average Bonchev–Trinajstić information content (AvgIpc) is 2.63. The highest BCUT2D eigenvalue weighted by Gasteiger charge is 2.26. The zero-order valence-corrected chi connectivity index (χ0v) is 14.8. The number of aromatic nitrogens is 1. The summed E-state index contributed by atoms with van der Waals surface area (Å²) in [4.78, 5) is 18.9. The summed E-state index contributed by atoms with van der Waals surface area (Å²) in [5.74, 6) is -0.108. The molecule has 0 aliphatic carbocycles. The fourth-order valence-electron chi connectivity index (χ4n) is 3.00. The van der Waals surface area contributed by atoms with E-state index in [1.54, 1.807) is 12.3 Å². The fourth-order valence-corrected chi connectivity index (χ4v) is 3.00. The minimum Gasteiger partial charge on any atom is -0.373 e. The molecular weight excluding hydrogens is 314 g/mol. The highest BCUT2D eigenvalue weighted by molar-refractivity contribution is 5.94. The number of morpholine rings is 1. The van der Waals surface area contributed by atoms with Crippen LogP contribution in [0.15, 0.2) is 48.7 Å². The number of carbonyl (C=O) groups is 1. The Morgan fingerprint density at radius 1 is 1.32 bits per heavy atom. The van der Waals surface area contributed by atoms with E-state index in [0.29, 0.717) is 12.2 Å². The van der Waals surface area contributed by atoms with E-state index in [4.69, 9.17) is 4.74 Å². The first kappa shape index (κ1) is 17.6. The second-order valence-electron chi connectivity index (χ2n) is 6.58. The summed E-state index contributed by atoms with van der Waals surface area (Å²) in [5, 5.41) is 3.04. The van der Waals surface area contributed by atoms with Crippen molar-refractivity contribution in [3.8, 4) is 0 Å². The van der Waals surface area contributed by atoms with Crippen LogP contribution in [-0.4, -0.2) is 47.6 Å². The first-order valence-electron chi connectivity index (χ1n) is 8.73. The van der Waals surface area contributed by atoms with Crippen LogP contribution in [-0.2, 0) is 11.3 Å². The van der Waals surface area contributed by atoms with E-state index in [1.165, 1.54) is 5.56 Å². The summed E-state index contributed by atoms with van der Waals surface area (Å²) in [6, 6.07) is 14.0. The van der Waals surface area contributed by atoms with Gasteiger partial charge in [0.2, 0.25) is 0 Å². The van der Waals surface area contributed by atoms with Crippen LogP contribution in [0.3, 0.4) is 0 Å². The number of aryl methyl sites for hydroxylation is 1. The molecule has 2 atom stereocenters. The number of amides is 1. The maximum atomic E-state index is 12.4. The van der Waals surface area contributed by atoms with E-state index < -0.39 is 0 Å². The minimum atomic E-state index is -0.108. The summed E-state index contributed by atoms with van der Waals surface area (Å²) in [6.45, 7) is 7.21. The molecule has 1 aliphatic rings. The molecule has 2 unspecified atom stereocenters. The number of ether oxygens (including phenoxy) is 1. The Balaban J connectivity index is 1.55. The molecule has 5 heteroatoms. The normalized spacial score (nSPS) is 19.4. The molecule has 25 heavy (non-hydrogen) atoms. The molecule has 1 aliphatic heterocycles. The van der Waals surface area contributed by atoms with Crippen molar-refractivity contribution in [3.63, 3.8) is 0 Å². The molecule has 2 heterocycles. The molecule has 5 nitrogen and oxygen atoms in total. The van der Waals surface area contributed by atoms with Gasteiger partial charge in [0.15, 0.2) is 0 Å². The summed E-state index contributed by atoms with van der Waals surface area (Å²) >= 11 is 0. The van der Waals surface area contributed by atoms with Gasteiger partial charge in [-0.15, -0.1) is 0 Å². The van der Waals surface area contributed by atoms with Gasteiger partial charge in [-0.2, -0.15) is 0 Å². The third kappa shape index (κ3) is 4.87. The SMILES string of the molecule is Cc1ccc(C(=O)NC(C)C2CN(Cc3ccccc3)CCO2)cn1. The molecule has 0 bridgehead atoms. The third-order valence-corrected chi connectivity index (χ3v) is 4.52. The molecule has 1 N–H and O–H groups in total. The standard InChI is InChI=1S/C20H25N3O2/c1-15-8-9-18(12-21-15)20(24)22-16(2)19-14-23(10-11-25-19)13-17-6-4-3-5-7-17/h3-9,12,16,19H,10-11,13-14H2,1-2H3,(H,22,24). The predicted molar refractivity (Wildman–Crippen MR) is 97.4 cm³/mol. The second kappa shape index (κ2) is 8.23. The summed E-state index contributed by atoms with van der Waals surface area (Å²) < 4.78 is 5.89. The summed E-state index contributed by atoms with van der Waals surface area (Å²) in [5.41, 5.74) is 2.77. The number of hydrogen-bond donors (Lipinski definition) is 1. The Hall–Kier alpha value is -2.24. The van der Waals surface area contributed by atoms with Gasteiger partial charge < -0.3 is 10.1 Å². The Morgan fingerprint density at radius 3 is 2.84 bits per heavy atom. The Labute approximate surface area is 149 Å². The molecule has 3 rings (SSSR count). The smallest absolute Gasteiger partial charge is 0.253 e. The van der Waals surface area contributed by atoms with Crippen molar-refractivity contribution in [2.75, 3.05) is 19.7 Å². The highest BCUT2D eigenvalue weighted by Crippen LogP contribution is 2.13. The lowest BCUT2D eigenvalue weighted by molar-refractivity contribution is -0.0449. The summed E-state index contributed by atoms with van der Waals surface area (Å²) in [7, 11) is 0. The number of pyridine rings is 1. The largest absolute Gasteiger partial charge is 0.373 e. The second-order valence-corrected chi connectivity index (χ2v) is 6.58. The van der Waals surface area contributed by atoms with E-state index in [0.717, 1.165) is 25.3 Å². The lowest BCUT2D eigenvalue weighted by atomic mass is 10.1.